The fraction of sp³-hybridized carbons (Fsp3) is 0.412. The van der Waals surface area contributed by atoms with Gasteiger partial charge in [0.15, 0.2) is 0 Å². The molecule has 0 spiro atoms. The van der Waals surface area contributed by atoms with Crippen LogP contribution in [0.15, 0.2) is 42.7 Å². The van der Waals surface area contributed by atoms with Crippen molar-refractivity contribution in [2.75, 3.05) is 11.9 Å². The number of benzene rings is 1. The van der Waals surface area contributed by atoms with E-state index < -0.39 is 0 Å². The van der Waals surface area contributed by atoms with Gasteiger partial charge in [-0.25, -0.2) is 9.97 Å². The van der Waals surface area contributed by atoms with Gasteiger partial charge in [0.2, 0.25) is 5.95 Å². The SMILES string of the molecule is CCC[C@H](NCc1cnc(NCC)nc1)c1ccccc1. The molecule has 1 atom stereocenters. The molecule has 1 aromatic carbocycles. The molecule has 2 aromatic rings. The summed E-state index contributed by atoms with van der Waals surface area (Å²) in [5.41, 5.74) is 2.44. The predicted octanol–water partition coefficient (Wildman–Crippen LogP) is 3.54. The van der Waals surface area contributed by atoms with Crippen LogP contribution in [0.1, 0.15) is 43.9 Å². The molecule has 0 aliphatic rings. The summed E-state index contributed by atoms with van der Waals surface area (Å²) in [7, 11) is 0. The number of nitrogens with one attached hydrogen (secondary N) is 2. The molecule has 0 bridgehead atoms. The molecule has 4 heteroatoms. The third-order valence-corrected chi connectivity index (χ3v) is 3.37. The van der Waals surface area contributed by atoms with E-state index >= 15 is 0 Å². The van der Waals surface area contributed by atoms with Crippen LogP contribution in [0.25, 0.3) is 0 Å². The minimum atomic E-state index is 0.379. The van der Waals surface area contributed by atoms with Crippen LogP contribution in [0.4, 0.5) is 5.95 Å². The molecule has 4 nitrogen and oxygen atoms in total. The molecular formula is C17H24N4. The van der Waals surface area contributed by atoms with Crippen LogP contribution < -0.4 is 10.6 Å². The van der Waals surface area contributed by atoms with E-state index in [1.54, 1.807) is 0 Å². The molecule has 0 saturated heterocycles. The molecule has 2 rings (SSSR count). The van der Waals surface area contributed by atoms with Gasteiger partial charge >= 0.3 is 0 Å². The third-order valence-electron chi connectivity index (χ3n) is 3.37. The topological polar surface area (TPSA) is 49.8 Å². The lowest BCUT2D eigenvalue weighted by Gasteiger charge is -2.18. The van der Waals surface area contributed by atoms with Crippen molar-refractivity contribution >= 4 is 5.95 Å². The van der Waals surface area contributed by atoms with Crippen LogP contribution in [-0.4, -0.2) is 16.5 Å². The normalized spacial score (nSPS) is 12.1. The zero-order valence-corrected chi connectivity index (χ0v) is 12.8. The van der Waals surface area contributed by atoms with Crippen molar-refractivity contribution in [2.24, 2.45) is 0 Å². The maximum absolute atomic E-state index is 4.30. The maximum Gasteiger partial charge on any atom is 0.222 e. The summed E-state index contributed by atoms with van der Waals surface area (Å²) in [5.74, 6) is 0.689. The van der Waals surface area contributed by atoms with Crippen molar-refractivity contribution in [3.05, 3.63) is 53.9 Å². The maximum atomic E-state index is 4.30. The van der Waals surface area contributed by atoms with Gasteiger partial charge in [-0.15, -0.1) is 0 Å². The quantitative estimate of drug-likeness (QED) is 0.778. The molecule has 0 saturated carbocycles. The van der Waals surface area contributed by atoms with Crippen LogP contribution >= 0.6 is 0 Å². The number of hydrogen-bond acceptors (Lipinski definition) is 4. The van der Waals surface area contributed by atoms with Gasteiger partial charge in [-0.1, -0.05) is 43.7 Å². The Labute approximate surface area is 127 Å². The van der Waals surface area contributed by atoms with Gasteiger partial charge in [-0.3, -0.25) is 0 Å². The minimum absolute atomic E-state index is 0.379. The van der Waals surface area contributed by atoms with Crippen LogP contribution in [0.2, 0.25) is 0 Å². The first-order chi connectivity index (χ1) is 10.3. The lowest BCUT2D eigenvalue weighted by atomic mass is 10.0. The van der Waals surface area contributed by atoms with Gasteiger partial charge in [-0.2, -0.15) is 0 Å². The molecular weight excluding hydrogens is 260 g/mol. The second kappa shape index (κ2) is 8.37. The van der Waals surface area contributed by atoms with E-state index in [1.165, 1.54) is 5.56 Å². The Balaban J connectivity index is 1.95. The fourth-order valence-corrected chi connectivity index (χ4v) is 2.30. The standard InChI is InChI=1S/C17H24N4/c1-3-8-16(15-9-6-5-7-10-15)19-11-14-12-20-17(18-4-2)21-13-14/h5-7,9-10,12-13,16,19H,3-4,8,11H2,1-2H3,(H,18,20,21)/t16-/m0/s1. The van der Waals surface area contributed by atoms with Crippen LogP contribution in [0.5, 0.6) is 0 Å². The zero-order chi connectivity index (χ0) is 14.9. The third kappa shape index (κ3) is 4.83. The van der Waals surface area contributed by atoms with Gasteiger partial charge in [0.1, 0.15) is 0 Å². The summed E-state index contributed by atoms with van der Waals surface area (Å²) in [6.07, 6.45) is 6.04. The lowest BCUT2D eigenvalue weighted by Crippen LogP contribution is -2.21. The first-order valence-electron chi connectivity index (χ1n) is 7.66. The van der Waals surface area contributed by atoms with Crippen LogP contribution in [0.3, 0.4) is 0 Å². The predicted molar refractivity (Wildman–Crippen MR) is 87.1 cm³/mol. The van der Waals surface area contributed by atoms with Gasteiger partial charge < -0.3 is 10.6 Å². The van der Waals surface area contributed by atoms with E-state index in [4.69, 9.17) is 0 Å². The lowest BCUT2D eigenvalue weighted by molar-refractivity contribution is 0.492. The summed E-state index contributed by atoms with van der Waals surface area (Å²) in [4.78, 5) is 8.61. The van der Waals surface area contributed by atoms with Crippen molar-refractivity contribution in [1.82, 2.24) is 15.3 Å². The second-order valence-corrected chi connectivity index (χ2v) is 5.08. The van der Waals surface area contributed by atoms with Crippen molar-refractivity contribution in [1.29, 1.82) is 0 Å². The largest absolute Gasteiger partial charge is 0.355 e. The smallest absolute Gasteiger partial charge is 0.222 e. The van der Waals surface area contributed by atoms with E-state index in [1.807, 2.05) is 19.3 Å². The van der Waals surface area contributed by atoms with E-state index in [2.05, 4.69) is 57.9 Å². The van der Waals surface area contributed by atoms with Crippen molar-refractivity contribution in [3.63, 3.8) is 0 Å². The Morgan fingerprint density at radius 3 is 2.38 bits per heavy atom. The Morgan fingerprint density at radius 1 is 1.05 bits per heavy atom. The van der Waals surface area contributed by atoms with Gasteiger partial charge in [0.05, 0.1) is 0 Å². The molecule has 0 fully saturated rings. The highest BCUT2D eigenvalue weighted by Crippen LogP contribution is 2.18. The van der Waals surface area contributed by atoms with E-state index in [9.17, 15) is 0 Å². The number of anilines is 1. The van der Waals surface area contributed by atoms with Gasteiger partial charge in [0.25, 0.3) is 0 Å². The highest BCUT2D eigenvalue weighted by molar-refractivity contribution is 5.24. The molecule has 2 N–H and O–H groups in total. The Hall–Kier alpha value is -1.94. The molecule has 0 amide bonds. The molecule has 0 aliphatic heterocycles. The fourth-order valence-electron chi connectivity index (χ4n) is 2.30. The molecule has 112 valence electrons. The second-order valence-electron chi connectivity index (χ2n) is 5.08. The van der Waals surface area contributed by atoms with Crippen molar-refractivity contribution in [3.8, 4) is 0 Å². The Morgan fingerprint density at radius 2 is 1.76 bits per heavy atom. The average molecular weight is 284 g/mol. The van der Waals surface area contributed by atoms with Crippen molar-refractivity contribution in [2.45, 2.75) is 39.3 Å². The molecule has 0 unspecified atom stereocenters. The van der Waals surface area contributed by atoms with E-state index in [0.29, 0.717) is 12.0 Å². The highest BCUT2D eigenvalue weighted by atomic mass is 15.1. The van der Waals surface area contributed by atoms with Gasteiger partial charge in [0, 0.05) is 37.1 Å². The van der Waals surface area contributed by atoms with E-state index in [-0.39, 0.29) is 0 Å². The summed E-state index contributed by atoms with van der Waals surface area (Å²) < 4.78 is 0. The summed E-state index contributed by atoms with van der Waals surface area (Å²) >= 11 is 0. The summed E-state index contributed by atoms with van der Waals surface area (Å²) in [6, 6.07) is 11.0. The number of hydrogen-bond donors (Lipinski definition) is 2. The first kappa shape index (κ1) is 15.4. The number of rotatable bonds is 8. The van der Waals surface area contributed by atoms with Crippen LogP contribution in [0, 0.1) is 0 Å². The van der Waals surface area contributed by atoms with E-state index in [0.717, 1.165) is 31.5 Å². The summed E-state index contributed by atoms with van der Waals surface area (Å²) in [6.45, 7) is 5.87. The Kier molecular flexibility index (Phi) is 6.16. The monoisotopic (exact) mass is 284 g/mol. The summed E-state index contributed by atoms with van der Waals surface area (Å²) in [5, 5.41) is 6.71. The molecule has 1 aromatic heterocycles. The first-order valence-corrected chi connectivity index (χ1v) is 7.66. The highest BCUT2D eigenvalue weighted by Gasteiger charge is 2.09. The molecule has 0 aliphatic carbocycles. The zero-order valence-electron chi connectivity index (χ0n) is 12.8. The molecule has 0 radical (unpaired) electrons. The minimum Gasteiger partial charge on any atom is -0.355 e. The van der Waals surface area contributed by atoms with Gasteiger partial charge in [-0.05, 0) is 18.9 Å². The molecule has 1 heterocycles. The Bertz CT molecular complexity index is 510. The molecule has 21 heavy (non-hydrogen) atoms. The van der Waals surface area contributed by atoms with Crippen LogP contribution in [-0.2, 0) is 6.54 Å². The number of aromatic nitrogens is 2. The average Bonchev–Trinajstić information content (AvgIpc) is 2.54. The number of nitrogens with zero attached hydrogens (tertiary/aromatic N) is 2. The van der Waals surface area contributed by atoms with Crippen molar-refractivity contribution < 1.29 is 0 Å².